The van der Waals surface area contributed by atoms with E-state index in [-0.39, 0.29) is 45.5 Å². The van der Waals surface area contributed by atoms with Gasteiger partial charge in [0, 0.05) is 24.1 Å². The van der Waals surface area contributed by atoms with E-state index in [4.69, 9.17) is 28.6 Å². The molecule has 11 heteroatoms. The van der Waals surface area contributed by atoms with E-state index in [2.05, 4.69) is 25.2 Å². The van der Waals surface area contributed by atoms with Gasteiger partial charge in [-0.05, 0) is 49.2 Å². The maximum absolute atomic E-state index is 12.8. The standard InChI is InChI=1S/C23H21Cl2N7O2/c24-17-4-1-5-18(25)19(17)32-20(26)16-11-27-22(29-21(16)30-23(32)34)28-13-6-8-14(9-7-13)31-10-2-3-15(31)12-33/h1,4-9,11,15,26,33H,2-3,10,12H2,(H2,27,28,29,30,34)/t15-/m0/s1. The number of anilines is 3. The lowest BCUT2D eigenvalue weighted by atomic mass is 10.2. The number of fused-ring (bicyclic) bond motifs is 1. The quantitative estimate of drug-likeness (QED) is 0.334. The summed E-state index contributed by atoms with van der Waals surface area (Å²) in [5, 5.41) is 22.1. The molecular weight excluding hydrogens is 477 g/mol. The number of rotatable bonds is 5. The molecule has 0 saturated carbocycles. The van der Waals surface area contributed by atoms with E-state index in [0.29, 0.717) is 5.39 Å². The van der Waals surface area contributed by atoms with Crippen LogP contribution >= 0.6 is 23.2 Å². The summed E-state index contributed by atoms with van der Waals surface area (Å²) in [4.78, 5) is 26.4. The zero-order valence-electron chi connectivity index (χ0n) is 17.9. The van der Waals surface area contributed by atoms with Crippen LogP contribution in [0.3, 0.4) is 0 Å². The Hall–Kier alpha value is -3.40. The summed E-state index contributed by atoms with van der Waals surface area (Å²) < 4.78 is 1.10. The van der Waals surface area contributed by atoms with Crippen LogP contribution in [0.2, 0.25) is 10.0 Å². The van der Waals surface area contributed by atoms with Gasteiger partial charge in [-0.2, -0.15) is 4.98 Å². The van der Waals surface area contributed by atoms with Gasteiger partial charge in [0.2, 0.25) is 5.95 Å². The third-order valence-electron chi connectivity index (χ3n) is 5.90. The van der Waals surface area contributed by atoms with Crippen molar-refractivity contribution in [1.82, 2.24) is 19.5 Å². The Morgan fingerprint density at radius 3 is 2.62 bits per heavy atom. The zero-order chi connectivity index (χ0) is 23.8. The summed E-state index contributed by atoms with van der Waals surface area (Å²) in [6.07, 6.45) is 3.52. The predicted molar refractivity (Wildman–Crippen MR) is 133 cm³/mol. The molecule has 34 heavy (non-hydrogen) atoms. The summed E-state index contributed by atoms with van der Waals surface area (Å²) in [6, 6.07) is 12.8. The fraction of sp³-hybridized carbons (Fsp3) is 0.217. The van der Waals surface area contributed by atoms with Gasteiger partial charge in [0.1, 0.15) is 5.49 Å². The molecule has 4 aromatic rings. The summed E-state index contributed by atoms with van der Waals surface area (Å²) in [7, 11) is 0. The molecule has 3 heterocycles. The molecule has 174 valence electrons. The molecule has 2 aromatic carbocycles. The molecule has 0 aliphatic carbocycles. The van der Waals surface area contributed by atoms with Crippen molar-refractivity contribution in [2.75, 3.05) is 23.4 Å². The van der Waals surface area contributed by atoms with Gasteiger partial charge < -0.3 is 15.3 Å². The summed E-state index contributed by atoms with van der Waals surface area (Å²) >= 11 is 12.5. The molecule has 0 spiro atoms. The highest BCUT2D eigenvalue weighted by Gasteiger charge is 2.23. The second kappa shape index (κ2) is 9.09. The van der Waals surface area contributed by atoms with Crippen molar-refractivity contribution in [3.63, 3.8) is 0 Å². The Morgan fingerprint density at radius 2 is 1.91 bits per heavy atom. The molecule has 1 saturated heterocycles. The van der Waals surface area contributed by atoms with Crippen molar-refractivity contribution < 1.29 is 5.11 Å². The second-order valence-electron chi connectivity index (χ2n) is 7.98. The van der Waals surface area contributed by atoms with Crippen molar-refractivity contribution in [2.24, 2.45) is 0 Å². The predicted octanol–water partition coefficient (Wildman–Crippen LogP) is 3.60. The van der Waals surface area contributed by atoms with Crippen molar-refractivity contribution in [3.8, 4) is 5.69 Å². The molecule has 2 aromatic heterocycles. The van der Waals surface area contributed by atoms with Gasteiger partial charge in [-0.1, -0.05) is 29.3 Å². The number of hydrogen-bond donors (Lipinski definition) is 4. The Balaban J connectivity index is 1.45. The first-order valence-corrected chi connectivity index (χ1v) is 11.5. The van der Waals surface area contributed by atoms with E-state index >= 15 is 0 Å². The molecule has 5 rings (SSSR count). The fourth-order valence-corrected chi connectivity index (χ4v) is 4.80. The molecule has 0 radical (unpaired) electrons. The van der Waals surface area contributed by atoms with E-state index in [1.807, 2.05) is 24.3 Å². The van der Waals surface area contributed by atoms with E-state index in [9.17, 15) is 9.90 Å². The minimum atomic E-state index is -0.592. The van der Waals surface area contributed by atoms with Crippen LogP contribution in [-0.2, 0) is 0 Å². The van der Waals surface area contributed by atoms with Crippen LogP contribution in [0.25, 0.3) is 16.7 Å². The molecule has 1 aliphatic rings. The van der Waals surface area contributed by atoms with Crippen molar-refractivity contribution in [1.29, 1.82) is 5.41 Å². The van der Waals surface area contributed by atoms with Crippen LogP contribution in [-0.4, -0.2) is 43.8 Å². The van der Waals surface area contributed by atoms with Crippen LogP contribution < -0.4 is 21.4 Å². The lowest BCUT2D eigenvalue weighted by Gasteiger charge is -2.25. The van der Waals surface area contributed by atoms with Gasteiger partial charge in [0.05, 0.1) is 33.8 Å². The Morgan fingerprint density at radius 1 is 1.18 bits per heavy atom. The van der Waals surface area contributed by atoms with Crippen LogP contribution in [0.15, 0.2) is 53.5 Å². The van der Waals surface area contributed by atoms with E-state index in [0.717, 1.165) is 35.3 Å². The monoisotopic (exact) mass is 497 g/mol. The Kier molecular flexibility index (Phi) is 5.99. The largest absolute Gasteiger partial charge is 0.394 e. The summed E-state index contributed by atoms with van der Waals surface area (Å²) in [5.74, 6) is 0.276. The average Bonchev–Trinajstić information content (AvgIpc) is 3.30. The number of nitrogens with one attached hydrogen (secondary N) is 3. The number of para-hydroxylation sites is 1. The number of aromatic nitrogens is 4. The number of aromatic amines is 1. The molecular formula is C23H21Cl2N7O2. The van der Waals surface area contributed by atoms with Gasteiger partial charge in [-0.15, -0.1) is 0 Å². The van der Waals surface area contributed by atoms with Crippen molar-refractivity contribution in [3.05, 3.63) is 74.7 Å². The van der Waals surface area contributed by atoms with Crippen LogP contribution in [0, 0.1) is 5.41 Å². The molecule has 0 bridgehead atoms. The molecule has 1 aliphatic heterocycles. The van der Waals surface area contributed by atoms with Gasteiger partial charge >= 0.3 is 5.69 Å². The van der Waals surface area contributed by atoms with Gasteiger partial charge in [0.25, 0.3) is 0 Å². The number of aliphatic hydroxyl groups excluding tert-OH is 1. The van der Waals surface area contributed by atoms with Gasteiger partial charge in [-0.3, -0.25) is 10.4 Å². The lowest BCUT2D eigenvalue weighted by molar-refractivity contribution is 0.266. The SMILES string of the molecule is N=c1c2cnc(Nc3ccc(N4CCC[C@H]4CO)cc3)nc2[nH]c(=O)n1-c1c(Cl)cccc1Cl. The van der Waals surface area contributed by atoms with Gasteiger partial charge in [-0.25, -0.2) is 14.3 Å². The zero-order valence-corrected chi connectivity index (χ0v) is 19.4. The number of halogens is 2. The van der Waals surface area contributed by atoms with E-state index in [1.54, 1.807) is 18.2 Å². The fourth-order valence-electron chi connectivity index (χ4n) is 4.24. The number of H-pyrrole nitrogens is 1. The molecule has 4 N–H and O–H groups in total. The van der Waals surface area contributed by atoms with Crippen molar-refractivity contribution >= 4 is 51.6 Å². The summed E-state index contributed by atoms with van der Waals surface area (Å²) in [5.41, 5.74) is 1.53. The number of benzene rings is 2. The molecule has 1 atom stereocenters. The van der Waals surface area contributed by atoms with E-state index < -0.39 is 5.69 Å². The maximum atomic E-state index is 12.8. The highest BCUT2D eigenvalue weighted by molar-refractivity contribution is 6.37. The third kappa shape index (κ3) is 4.02. The normalized spacial score (nSPS) is 15.7. The van der Waals surface area contributed by atoms with Gasteiger partial charge in [0.15, 0.2) is 5.65 Å². The first kappa shape index (κ1) is 22.4. The summed E-state index contributed by atoms with van der Waals surface area (Å²) in [6.45, 7) is 1.07. The first-order chi connectivity index (χ1) is 16.5. The Labute approximate surface area is 204 Å². The molecule has 1 fully saturated rings. The number of nitrogens with zero attached hydrogens (tertiary/aromatic N) is 4. The minimum Gasteiger partial charge on any atom is -0.394 e. The second-order valence-corrected chi connectivity index (χ2v) is 8.80. The molecule has 0 unspecified atom stereocenters. The average molecular weight is 498 g/mol. The molecule has 9 nitrogen and oxygen atoms in total. The topological polar surface area (TPSA) is 123 Å². The molecule has 0 amide bonds. The Bertz CT molecular complexity index is 1460. The lowest BCUT2D eigenvalue weighted by Crippen LogP contribution is -2.34. The van der Waals surface area contributed by atoms with Crippen LogP contribution in [0.1, 0.15) is 12.8 Å². The maximum Gasteiger partial charge on any atom is 0.333 e. The number of hydrogen-bond acceptors (Lipinski definition) is 7. The van der Waals surface area contributed by atoms with E-state index in [1.165, 1.54) is 6.20 Å². The minimum absolute atomic E-state index is 0.131. The third-order valence-corrected chi connectivity index (χ3v) is 6.51. The van der Waals surface area contributed by atoms with Crippen molar-refractivity contribution in [2.45, 2.75) is 18.9 Å². The highest BCUT2D eigenvalue weighted by Crippen LogP contribution is 2.28. The van der Waals surface area contributed by atoms with Crippen LogP contribution in [0.4, 0.5) is 17.3 Å². The van der Waals surface area contributed by atoms with Crippen LogP contribution in [0.5, 0.6) is 0 Å². The smallest absolute Gasteiger partial charge is 0.333 e. The first-order valence-electron chi connectivity index (χ1n) is 10.7. The number of aliphatic hydroxyl groups is 1. The highest BCUT2D eigenvalue weighted by atomic mass is 35.5.